The van der Waals surface area contributed by atoms with E-state index in [9.17, 15) is 9.59 Å². The maximum Gasteiger partial charge on any atom is 0.277 e. The number of carbonyl (C=O) groups is 1. The van der Waals surface area contributed by atoms with Crippen molar-refractivity contribution in [1.82, 2.24) is 19.1 Å². The predicted molar refractivity (Wildman–Crippen MR) is 128 cm³/mol. The van der Waals surface area contributed by atoms with Gasteiger partial charge in [0.2, 0.25) is 0 Å². The second-order valence-electron chi connectivity index (χ2n) is 8.06. The van der Waals surface area contributed by atoms with Crippen LogP contribution in [0.2, 0.25) is 0 Å². The fourth-order valence-electron chi connectivity index (χ4n) is 4.60. The van der Waals surface area contributed by atoms with Crippen molar-refractivity contribution in [2.24, 2.45) is 0 Å². The number of piperazine rings is 1. The Bertz CT molecular complexity index is 1380. The molecule has 0 aliphatic carbocycles. The molecular formula is C25H27N5O3. The summed E-state index contributed by atoms with van der Waals surface area (Å²) in [4.78, 5) is 30.3. The van der Waals surface area contributed by atoms with Crippen molar-refractivity contribution >= 4 is 28.1 Å². The van der Waals surface area contributed by atoms with Gasteiger partial charge >= 0.3 is 0 Å². The average Bonchev–Trinajstić information content (AvgIpc) is 3.35. The third-order valence-corrected chi connectivity index (χ3v) is 6.24. The molecular weight excluding hydrogens is 418 g/mol. The molecule has 2 aromatic carbocycles. The molecule has 8 heteroatoms. The summed E-state index contributed by atoms with van der Waals surface area (Å²) in [6.45, 7) is 7.76. The molecule has 2 aromatic heterocycles. The van der Waals surface area contributed by atoms with Crippen molar-refractivity contribution < 1.29 is 9.53 Å². The quantitative estimate of drug-likeness (QED) is 0.472. The van der Waals surface area contributed by atoms with Gasteiger partial charge in [-0.2, -0.15) is 5.10 Å². The topological polar surface area (TPSA) is 72.1 Å². The van der Waals surface area contributed by atoms with Crippen LogP contribution < -0.4 is 15.2 Å². The third kappa shape index (κ3) is 3.61. The highest BCUT2D eigenvalue weighted by molar-refractivity contribution is 5.97. The van der Waals surface area contributed by atoms with Crippen molar-refractivity contribution in [1.29, 1.82) is 0 Å². The van der Waals surface area contributed by atoms with E-state index in [1.165, 1.54) is 0 Å². The number of ether oxygens (including phenoxy) is 1. The molecule has 0 unspecified atom stereocenters. The van der Waals surface area contributed by atoms with E-state index in [2.05, 4.69) is 16.1 Å². The van der Waals surface area contributed by atoms with Gasteiger partial charge in [0.1, 0.15) is 11.3 Å². The Morgan fingerprint density at radius 3 is 2.52 bits per heavy atom. The van der Waals surface area contributed by atoms with Crippen LogP contribution in [-0.2, 0) is 6.54 Å². The number of aromatic nitrogens is 3. The molecule has 3 heterocycles. The Kier molecular flexibility index (Phi) is 5.50. The Balaban J connectivity index is 1.40. The fourth-order valence-corrected chi connectivity index (χ4v) is 4.60. The highest BCUT2D eigenvalue weighted by Crippen LogP contribution is 2.29. The van der Waals surface area contributed by atoms with Crippen LogP contribution in [0.25, 0.3) is 16.6 Å². The van der Waals surface area contributed by atoms with E-state index in [0.29, 0.717) is 42.8 Å². The number of rotatable bonds is 5. The fraction of sp³-hybridized carbons (Fsp3) is 0.320. The van der Waals surface area contributed by atoms with Gasteiger partial charge in [-0.25, -0.2) is 4.52 Å². The number of hydrogen-bond donors (Lipinski definition) is 0. The molecule has 0 N–H and O–H groups in total. The number of nitrogens with zero attached hydrogens (tertiary/aromatic N) is 5. The lowest BCUT2D eigenvalue weighted by Crippen LogP contribution is -2.48. The first-order valence-corrected chi connectivity index (χ1v) is 11.4. The molecule has 4 aromatic rings. The first-order chi connectivity index (χ1) is 16.1. The molecule has 1 aliphatic rings. The van der Waals surface area contributed by atoms with E-state index in [4.69, 9.17) is 4.74 Å². The van der Waals surface area contributed by atoms with Gasteiger partial charge in [0.05, 0.1) is 29.5 Å². The van der Waals surface area contributed by atoms with Gasteiger partial charge in [-0.15, -0.1) is 0 Å². The van der Waals surface area contributed by atoms with Crippen molar-refractivity contribution in [2.75, 3.05) is 37.7 Å². The van der Waals surface area contributed by atoms with Gasteiger partial charge in [0.15, 0.2) is 0 Å². The average molecular weight is 446 g/mol. The maximum atomic E-state index is 13.3. The summed E-state index contributed by atoms with van der Waals surface area (Å²) in [7, 11) is 0. The largest absolute Gasteiger partial charge is 0.492 e. The number of para-hydroxylation sites is 2. The molecule has 1 amide bonds. The second-order valence-corrected chi connectivity index (χ2v) is 8.06. The zero-order valence-corrected chi connectivity index (χ0v) is 18.9. The minimum Gasteiger partial charge on any atom is -0.492 e. The Morgan fingerprint density at radius 2 is 1.76 bits per heavy atom. The van der Waals surface area contributed by atoms with Gasteiger partial charge in [-0.1, -0.05) is 12.1 Å². The van der Waals surface area contributed by atoms with Crippen LogP contribution in [-0.4, -0.2) is 57.8 Å². The molecule has 1 aliphatic heterocycles. The Hall–Kier alpha value is -3.81. The minimum absolute atomic E-state index is 0.0229. The van der Waals surface area contributed by atoms with E-state index in [0.717, 1.165) is 30.0 Å². The highest BCUT2D eigenvalue weighted by Gasteiger charge is 2.24. The summed E-state index contributed by atoms with van der Waals surface area (Å²) >= 11 is 0. The van der Waals surface area contributed by atoms with Crippen molar-refractivity contribution in [2.45, 2.75) is 20.4 Å². The molecule has 8 nitrogen and oxygen atoms in total. The van der Waals surface area contributed by atoms with Gasteiger partial charge < -0.3 is 19.1 Å². The van der Waals surface area contributed by atoms with Crippen molar-refractivity contribution in [3.8, 4) is 5.75 Å². The lowest BCUT2D eigenvalue weighted by atomic mass is 10.1. The van der Waals surface area contributed by atoms with Crippen LogP contribution in [0.5, 0.6) is 5.75 Å². The standard InChI is InChI=1S/C25H27N5O3/c1-3-29-22-17-18(9-10-19(22)30-21(25(29)32)11-12-26-30)24(31)28-15-13-27(14-16-28)20-7-5-6-8-23(20)33-4-2/h5-12,17H,3-4,13-16H2,1-2H3. The molecule has 33 heavy (non-hydrogen) atoms. The normalized spacial score (nSPS) is 14.2. The van der Waals surface area contributed by atoms with E-state index in [1.54, 1.807) is 21.3 Å². The number of carbonyl (C=O) groups excluding carboxylic acids is 1. The molecule has 0 radical (unpaired) electrons. The minimum atomic E-state index is -0.103. The smallest absolute Gasteiger partial charge is 0.277 e. The van der Waals surface area contributed by atoms with Gasteiger partial charge in [-0.3, -0.25) is 9.59 Å². The van der Waals surface area contributed by atoms with E-state index < -0.39 is 0 Å². The summed E-state index contributed by atoms with van der Waals surface area (Å²) in [5.41, 5.74) is 3.60. The van der Waals surface area contributed by atoms with Crippen LogP contribution in [0.15, 0.2) is 59.5 Å². The zero-order chi connectivity index (χ0) is 22.9. The summed E-state index contributed by atoms with van der Waals surface area (Å²) in [5.74, 6) is 0.849. The highest BCUT2D eigenvalue weighted by atomic mass is 16.5. The molecule has 5 rings (SSSR count). The lowest BCUT2D eigenvalue weighted by molar-refractivity contribution is 0.0747. The number of aryl methyl sites for hydroxylation is 1. The number of fused-ring (bicyclic) bond motifs is 3. The third-order valence-electron chi connectivity index (χ3n) is 6.24. The van der Waals surface area contributed by atoms with Gasteiger partial charge in [0, 0.05) is 38.3 Å². The monoisotopic (exact) mass is 445 g/mol. The predicted octanol–water partition coefficient (Wildman–Crippen LogP) is 3.03. The number of benzene rings is 2. The van der Waals surface area contributed by atoms with Crippen LogP contribution in [0.3, 0.4) is 0 Å². The van der Waals surface area contributed by atoms with Crippen LogP contribution >= 0.6 is 0 Å². The zero-order valence-electron chi connectivity index (χ0n) is 18.9. The van der Waals surface area contributed by atoms with Crippen molar-refractivity contribution in [3.05, 3.63) is 70.6 Å². The molecule has 1 saturated heterocycles. The van der Waals surface area contributed by atoms with Crippen molar-refractivity contribution in [3.63, 3.8) is 0 Å². The van der Waals surface area contributed by atoms with Crippen LogP contribution in [0.1, 0.15) is 24.2 Å². The first-order valence-electron chi connectivity index (χ1n) is 11.4. The van der Waals surface area contributed by atoms with Crippen LogP contribution in [0.4, 0.5) is 5.69 Å². The van der Waals surface area contributed by atoms with E-state index in [-0.39, 0.29) is 11.5 Å². The SMILES string of the molecule is CCOc1ccccc1N1CCN(C(=O)c2ccc3c(c2)n(CC)c(=O)c2ccnn23)CC1. The molecule has 0 bridgehead atoms. The maximum absolute atomic E-state index is 13.3. The lowest BCUT2D eigenvalue weighted by Gasteiger charge is -2.36. The van der Waals surface area contributed by atoms with Gasteiger partial charge in [0.25, 0.3) is 11.5 Å². The summed E-state index contributed by atoms with van der Waals surface area (Å²) in [6, 6.07) is 15.3. The number of amides is 1. The first kappa shape index (κ1) is 21.1. The molecule has 0 saturated carbocycles. The van der Waals surface area contributed by atoms with Crippen LogP contribution in [0, 0.1) is 0 Å². The Morgan fingerprint density at radius 1 is 0.970 bits per heavy atom. The molecule has 170 valence electrons. The molecule has 1 fully saturated rings. The second kappa shape index (κ2) is 8.61. The summed E-state index contributed by atoms with van der Waals surface area (Å²) in [6.07, 6.45) is 1.62. The molecule has 0 atom stereocenters. The van der Waals surface area contributed by atoms with Gasteiger partial charge in [-0.05, 0) is 50.2 Å². The summed E-state index contributed by atoms with van der Waals surface area (Å²) in [5, 5.41) is 4.30. The number of hydrogen-bond acceptors (Lipinski definition) is 5. The number of anilines is 1. The van der Waals surface area contributed by atoms with E-state index >= 15 is 0 Å². The Labute approximate surface area is 191 Å². The summed E-state index contributed by atoms with van der Waals surface area (Å²) < 4.78 is 9.12. The van der Waals surface area contributed by atoms with E-state index in [1.807, 2.05) is 55.1 Å². The molecule has 0 spiro atoms.